The van der Waals surface area contributed by atoms with Crippen molar-refractivity contribution in [2.45, 2.75) is 18.2 Å². The number of carbonyl (C=O) groups is 1. The van der Waals surface area contributed by atoms with Crippen LogP contribution in [-0.2, 0) is 19.4 Å². The Morgan fingerprint density at radius 3 is 2.37 bits per heavy atom. The van der Waals surface area contributed by atoms with E-state index in [0.717, 1.165) is 17.3 Å². The SMILES string of the molecule is COC(=O)C/C=C(/SC)S(=O)(=O)c1ccc(C)cc1. The molecule has 0 saturated carbocycles. The zero-order chi connectivity index (χ0) is 14.5. The van der Waals surface area contributed by atoms with Gasteiger partial charge in [-0.15, -0.1) is 11.8 Å². The molecule has 0 saturated heterocycles. The van der Waals surface area contributed by atoms with E-state index in [9.17, 15) is 13.2 Å². The topological polar surface area (TPSA) is 60.4 Å². The molecule has 0 bridgehead atoms. The number of benzene rings is 1. The lowest BCUT2D eigenvalue weighted by Gasteiger charge is -2.07. The van der Waals surface area contributed by atoms with Crippen LogP contribution in [0.3, 0.4) is 0 Å². The van der Waals surface area contributed by atoms with Crippen LogP contribution in [0.5, 0.6) is 0 Å². The Hall–Kier alpha value is -1.27. The van der Waals surface area contributed by atoms with Crippen LogP contribution < -0.4 is 0 Å². The summed E-state index contributed by atoms with van der Waals surface area (Å²) in [4.78, 5) is 11.3. The van der Waals surface area contributed by atoms with Gasteiger partial charge in [0.05, 0.1) is 18.4 Å². The molecule has 1 aromatic carbocycles. The fourth-order valence-electron chi connectivity index (χ4n) is 1.39. The van der Waals surface area contributed by atoms with Crippen LogP contribution in [0.25, 0.3) is 0 Å². The second kappa shape index (κ2) is 6.77. The van der Waals surface area contributed by atoms with Crippen molar-refractivity contribution in [3.05, 3.63) is 40.1 Å². The third-order valence-electron chi connectivity index (χ3n) is 2.46. The minimum atomic E-state index is -3.56. The third-order valence-corrected chi connectivity index (χ3v) is 5.78. The van der Waals surface area contributed by atoms with Crippen LogP contribution in [0.2, 0.25) is 0 Å². The molecule has 1 rings (SSSR count). The highest BCUT2D eigenvalue weighted by molar-refractivity contribution is 8.18. The van der Waals surface area contributed by atoms with Gasteiger partial charge < -0.3 is 4.74 Å². The number of sulfone groups is 1. The lowest BCUT2D eigenvalue weighted by molar-refractivity contribution is -0.139. The zero-order valence-corrected chi connectivity index (χ0v) is 12.7. The van der Waals surface area contributed by atoms with Crippen LogP contribution in [0.4, 0.5) is 0 Å². The molecule has 0 amide bonds. The Morgan fingerprint density at radius 2 is 1.89 bits per heavy atom. The average Bonchev–Trinajstić information content (AvgIpc) is 2.39. The molecule has 1 aromatic rings. The maximum Gasteiger partial charge on any atom is 0.309 e. The Balaban J connectivity index is 3.08. The van der Waals surface area contributed by atoms with E-state index in [1.54, 1.807) is 30.5 Å². The number of aryl methyl sites for hydroxylation is 1. The summed E-state index contributed by atoms with van der Waals surface area (Å²) in [5, 5.41) is 0. The van der Waals surface area contributed by atoms with Gasteiger partial charge in [-0.2, -0.15) is 0 Å². The number of esters is 1. The van der Waals surface area contributed by atoms with Crippen molar-refractivity contribution in [2.75, 3.05) is 13.4 Å². The first-order chi connectivity index (χ1) is 8.91. The predicted molar refractivity (Wildman–Crippen MR) is 76.6 cm³/mol. The Bertz CT molecular complexity index is 571. The number of thioether (sulfide) groups is 1. The number of carbonyl (C=O) groups excluding carboxylic acids is 1. The highest BCUT2D eigenvalue weighted by atomic mass is 32.3. The van der Waals surface area contributed by atoms with Gasteiger partial charge in [0.2, 0.25) is 9.84 Å². The minimum Gasteiger partial charge on any atom is -0.469 e. The minimum absolute atomic E-state index is 0.0578. The molecule has 4 nitrogen and oxygen atoms in total. The van der Waals surface area contributed by atoms with E-state index < -0.39 is 15.8 Å². The average molecular weight is 300 g/mol. The molecule has 19 heavy (non-hydrogen) atoms. The van der Waals surface area contributed by atoms with Gasteiger partial charge in [0.25, 0.3) is 0 Å². The Labute approximate surface area is 117 Å². The van der Waals surface area contributed by atoms with Crippen molar-refractivity contribution in [3.63, 3.8) is 0 Å². The fraction of sp³-hybridized carbons (Fsp3) is 0.308. The quantitative estimate of drug-likeness (QED) is 0.782. The van der Waals surface area contributed by atoms with Gasteiger partial charge in [-0.25, -0.2) is 8.42 Å². The van der Waals surface area contributed by atoms with Crippen LogP contribution in [0, 0.1) is 6.92 Å². The van der Waals surface area contributed by atoms with E-state index in [2.05, 4.69) is 4.74 Å². The molecule has 0 aliphatic heterocycles. The number of hydrogen-bond acceptors (Lipinski definition) is 5. The molecular weight excluding hydrogens is 284 g/mol. The fourth-order valence-corrected chi connectivity index (χ4v) is 3.83. The van der Waals surface area contributed by atoms with Gasteiger partial charge in [-0.3, -0.25) is 4.79 Å². The van der Waals surface area contributed by atoms with Crippen molar-refractivity contribution < 1.29 is 17.9 Å². The molecule has 0 aliphatic rings. The first-order valence-corrected chi connectivity index (χ1v) is 8.25. The van der Waals surface area contributed by atoms with Crippen LogP contribution in [-0.4, -0.2) is 27.8 Å². The summed E-state index contributed by atoms with van der Waals surface area (Å²) in [5.74, 6) is -0.467. The van der Waals surface area contributed by atoms with Gasteiger partial charge in [0.1, 0.15) is 4.24 Å². The third kappa shape index (κ3) is 4.11. The first-order valence-electron chi connectivity index (χ1n) is 5.54. The maximum atomic E-state index is 12.3. The molecule has 0 aliphatic carbocycles. The highest BCUT2D eigenvalue weighted by Crippen LogP contribution is 2.27. The molecule has 0 N–H and O–H groups in total. The molecular formula is C13H16O4S2. The second-order valence-electron chi connectivity index (χ2n) is 3.82. The summed E-state index contributed by atoms with van der Waals surface area (Å²) in [7, 11) is -2.29. The first kappa shape index (κ1) is 15.8. The predicted octanol–water partition coefficient (Wildman–Crippen LogP) is 2.54. The monoisotopic (exact) mass is 300 g/mol. The summed E-state index contributed by atoms with van der Waals surface area (Å²) in [6.07, 6.45) is 2.98. The second-order valence-corrected chi connectivity index (χ2v) is 6.85. The number of ether oxygens (including phenoxy) is 1. The molecule has 0 radical (unpaired) electrons. The summed E-state index contributed by atoms with van der Waals surface area (Å²) < 4.78 is 29.3. The van der Waals surface area contributed by atoms with E-state index in [1.807, 2.05) is 6.92 Å². The molecule has 0 atom stereocenters. The summed E-state index contributed by atoms with van der Waals surface area (Å²) in [5.41, 5.74) is 0.989. The maximum absolute atomic E-state index is 12.3. The molecule has 0 unspecified atom stereocenters. The van der Waals surface area contributed by atoms with Gasteiger partial charge in [-0.05, 0) is 31.4 Å². The van der Waals surface area contributed by atoms with Crippen LogP contribution in [0.1, 0.15) is 12.0 Å². The van der Waals surface area contributed by atoms with Gasteiger partial charge in [-0.1, -0.05) is 17.7 Å². The van der Waals surface area contributed by atoms with Crippen LogP contribution >= 0.6 is 11.8 Å². The van der Waals surface area contributed by atoms with Gasteiger partial charge in [0, 0.05) is 0 Å². The highest BCUT2D eigenvalue weighted by Gasteiger charge is 2.20. The smallest absolute Gasteiger partial charge is 0.309 e. The normalized spacial score (nSPS) is 12.3. The van der Waals surface area contributed by atoms with E-state index in [0.29, 0.717) is 0 Å². The van der Waals surface area contributed by atoms with E-state index in [-0.39, 0.29) is 15.6 Å². The lowest BCUT2D eigenvalue weighted by Crippen LogP contribution is -2.04. The molecule has 0 fully saturated rings. The molecule has 6 heteroatoms. The van der Waals surface area contributed by atoms with Gasteiger partial charge >= 0.3 is 5.97 Å². The van der Waals surface area contributed by atoms with E-state index in [4.69, 9.17) is 0 Å². The lowest BCUT2D eigenvalue weighted by atomic mass is 10.2. The summed E-state index contributed by atoms with van der Waals surface area (Å²) in [6, 6.07) is 6.61. The molecule has 0 spiro atoms. The number of methoxy groups -OCH3 is 1. The molecule has 0 heterocycles. The molecule has 104 valence electrons. The summed E-state index contributed by atoms with van der Waals surface area (Å²) >= 11 is 1.09. The van der Waals surface area contributed by atoms with Crippen molar-refractivity contribution in [3.8, 4) is 0 Å². The van der Waals surface area contributed by atoms with Gasteiger partial charge in [0.15, 0.2) is 0 Å². The zero-order valence-electron chi connectivity index (χ0n) is 11.0. The largest absolute Gasteiger partial charge is 0.469 e. The summed E-state index contributed by atoms with van der Waals surface area (Å²) in [6.45, 7) is 1.89. The van der Waals surface area contributed by atoms with Crippen molar-refractivity contribution in [1.29, 1.82) is 0 Å². The Morgan fingerprint density at radius 1 is 1.32 bits per heavy atom. The van der Waals surface area contributed by atoms with Crippen LogP contribution in [0.15, 0.2) is 39.5 Å². The number of rotatable bonds is 5. The van der Waals surface area contributed by atoms with Crippen molar-refractivity contribution in [1.82, 2.24) is 0 Å². The van der Waals surface area contributed by atoms with E-state index in [1.165, 1.54) is 13.2 Å². The molecule has 0 aromatic heterocycles. The van der Waals surface area contributed by atoms with E-state index >= 15 is 0 Å². The van der Waals surface area contributed by atoms with Crippen molar-refractivity contribution >= 4 is 27.6 Å². The Kier molecular flexibility index (Phi) is 5.62. The van der Waals surface area contributed by atoms with Crippen molar-refractivity contribution in [2.24, 2.45) is 0 Å². The number of hydrogen-bond donors (Lipinski definition) is 0. The standard InChI is InChI=1S/C13H16O4S2/c1-10-4-6-11(7-5-10)19(15,16)13(18-3)9-8-12(14)17-2/h4-7,9H,8H2,1-3H3/b13-9-.